The van der Waals surface area contributed by atoms with E-state index in [1.54, 1.807) is 0 Å². The van der Waals surface area contributed by atoms with Crippen LogP contribution in [0.3, 0.4) is 0 Å². The molecular weight excluding hydrogens is 281 g/mol. The van der Waals surface area contributed by atoms with Crippen molar-refractivity contribution in [3.05, 3.63) is 65.0 Å². The zero-order chi connectivity index (χ0) is 15.6. The molecule has 21 heavy (non-hydrogen) atoms. The molecule has 0 aromatic heterocycles. The first-order valence-electron chi connectivity index (χ1n) is 6.13. The Balaban J connectivity index is 2.19. The molecule has 0 saturated heterocycles. The maximum atomic E-state index is 13.3. The van der Waals surface area contributed by atoms with E-state index in [9.17, 15) is 18.0 Å². The van der Waals surface area contributed by atoms with Gasteiger partial charge in [0.1, 0.15) is 5.82 Å². The molecule has 0 unspecified atom stereocenters. The summed E-state index contributed by atoms with van der Waals surface area (Å²) < 4.78 is 39.3. The monoisotopic (exact) mass is 294 g/mol. The van der Waals surface area contributed by atoms with Gasteiger partial charge in [0, 0.05) is 13.6 Å². The fourth-order valence-corrected chi connectivity index (χ4v) is 1.91. The van der Waals surface area contributed by atoms with E-state index in [4.69, 9.17) is 5.73 Å². The Morgan fingerprint density at radius 3 is 2.48 bits per heavy atom. The number of halogens is 3. The average molecular weight is 294 g/mol. The van der Waals surface area contributed by atoms with Crippen molar-refractivity contribution in [3.63, 3.8) is 0 Å². The molecule has 1 amide bonds. The lowest BCUT2D eigenvalue weighted by molar-refractivity contribution is 0.0785. The maximum absolute atomic E-state index is 13.3. The molecule has 0 aliphatic carbocycles. The van der Waals surface area contributed by atoms with Gasteiger partial charge in [0.25, 0.3) is 5.91 Å². The van der Waals surface area contributed by atoms with Crippen molar-refractivity contribution >= 4 is 11.6 Å². The molecule has 2 N–H and O–H groups in total. The fourth-order valence-electron chi connectivity index (χ4n) is 1.91. The molecule has 3 nitrogen and oxygen atoms in total. The molecule has 2 aromatic rings. The van der Waals surface area contributed by atoms with Gasteiger partial charge in [-0.15, -0.1) is 0 Å². The van der Waals surface area contributed by atoms with Gasteiger partial charge in [-0.3, -0.25) is 4.79 Å². The van der Waals surface area contributed by atoms with Crippen LogP contribution in [0, 0.1) is 17.5 Å². The Bertz CT molecular complexity index is 689. The van der Waals surface area contributed by atoms with Crippen molar-refractivity contribution in [1.82, 2.24) is 4.90 Å². The van der Waals surface area contributed by atoms with E-state index in [0.29, 0.717) is 5.56 Å². The second-order valence-electron chi connectivity index (χ2n) is 4.61. The van der Waals surface area contributed by atoms with Gasteiger partial charge in [0.2, 0.25) is 0 Å². The number of nitrogens with zero attached hydrogens (tertiary/aromatic N) is 1. The Kier molecular flexibility index (Phi) is 4.16. The highest BCUT2D eigenvalue weighted by molar-refractivity contribution is 5.99. The Hall–Kier alpha value is -2.50. The molecule has 0 saturated carbocycles. The van der Waals surface area contributed by atoms with Gasteiger partial charge in [0.05, 0.1) is 11.3 Å². The molecule has 0 aliphatic heterocycles. The minimum absolute atomic E-state index is 0.0279. The summed E-state index contributed by atoms with van der Waals surface area (Å²) in [5.74, 6) is -3.13. The van der Waals surface area contributed by atoms with Crippen LogP contribution >= 0.6 is 0 Å². The van der Waals surface area contributed by atoms with Crippen LogP contribution in [0.5, 0.6) is 0 Å². The Morgan fingerprint density at radius 2 is 1.81 bits per heavy atom. The number of para-hydroxylation sites is 1. The summed E-state index contributed by atoms with van der Waals surface area (Å²) >= 11 is 0. The van der Waals surface area contributed by atoms with Crippen molar-refractivity contribution < 1.29 is 18.0 Å². The standard InChI is InChI=1S/C15H13F3N2O/c1-20(8-9-5-6-11(16)13(18)7-9)15(21)10-3-2-4-12(17)14(10)19/h2-7H,8,19H2,1H3. The number of hydrogen-bond donors (Lipinski definition) is 1. The van der Waals surface area contributed by atoms with E-state index >= 15 is 0 Å². The normalized spacial score (nSPS) is 10.5. The summed E-state index contributed by atoms with van der Waals surface area (Å²) in [5.41, 5.74) is 5.73. The Labute approximate surface area is 119 Å². The van der Waals surface area contributed by atoms with Crippen LogP contribution in [0.2, 0.25) is 0 Å². The van der Waals surface area contributed by atoms with Gasteiger partial charge in [-0.1, -0.05) is 12.1 Å². The first-order chi connectivity index (χ1) is 9.90. The van der Waals surface area contributed by atoms with Crippen LogP contribution in [0.25, 0.3) is 0 Å². The number of benzene rings is 2. The van der Waals surface area contributed by atoms with Gasteiger partial charge in [0.15, 0.2) is 11.6 Å². The van der Waals surface area contributed by atoms with Crippen molar-refractivity contribution in [2.24, 2.45) is 0 Å². The third-order valence-electron chi connectivity index (χ3n) is 3.03. The highest BCUT2D eigenvalue weighted by Crippen LogP contribution is 2.18. The van der Waals surface area contributed by atoms with Crippen LogP contribution in [-0.2, 0) is 6.54 Å². The topological polar surface area (TPSA) is 46.3 Å². The van der Waals surface area contributed by atoms with Gasteiger partial charge < -0.3 is 10.6 Å². The van der Waals surface area contributed by atoms with Crippen LogP contribution in [-0.4, -0.2) is 17.9 Å². The summed E-state index contributed by atoms with van der Waals surface area (Å²) in [6.07, 6.45) is 0. The first kappa shape index (κ1) is 14.9. The van der Waals surface area contributed by atoms with Crippen LogP contribution < -0.4 is 5.73 Å². The molecule has 0 spiro atoms. The van der Waals surface area contributed by atoms with E-state index in [1.165, 1.54) is 30.1 Å². The molecule has 0 heterocycles. The summed E-state index contributed by atoms with van der Waals surface area (Å²) in [4.78, 5) is 13.4. The van der Waals surface area contributed by atoms with Crippen molar-refractivity contribution in [1.29, 1.82) is 0 Å². The highest BCUT2D eigenvalue weighted by atomic mass is 19.2. The smallest absolute Gasteiger partial charge is 0.256 e. The maximum Gasteiger partial charge on any atom is 0.256 e. The quantitative estimate of drug-likeness (QED) is 0.885. The van der Waals surface area contributed by atoms with Crippen LogP contribution in [0.1, 0.15) is 15.9 Å². The van der Waals surface area contributed by atoms with Crippen molar-refractivity contribution in [2.45, 2.75) is 6.54 Å². The SMILES string of the molecule is CN(Cc1ccc(F)c(F)c1)C(=O)c1cccc(F)c1N. The zero-order valence-corrected chi connectivity index (χ0v) is 11.2. The molecule has 0 aliphatic rings. The number of hydrogen-bond acceptors (Lipinski definition) is 2. The van der Waals surface area contributed by atoms with Gasteiger partial charge in [-0.2, -0.15) is 0 Å². The number of anilines is 1. The number of amides is 1. The van der Waals surface area contributed by atoms with Crippen molar-refractivity contribution in [3.8, 4) is 0 Å². The van der Waals surface area contributed by atoms with E-state index in [1.807, 2.05) is 0 Å². The minimum Gasteiger partial charge on any atom is -0.396 e. The second kappa shape index (κ2) is 5.87. The molecular formula is C15H13F3N2O. The second-order valence-corrected chi connectivity index (χ2v) is 4.61. The highest BCUT2D eigenvalue weighted by Gasteiger charge is 2.17. The predicted molar refractivity (Wildman–Crippen MR) is 73.0 cm³/mol. The fraction of sp³-hybridized carbons (Fsp3) is 0.133. The molecule has 0 radical (unpaired) electrons. The largest absolute Gasteiger partial charge is 0.396 e. The predicted octanol–water partition coefficient (Wildman–Crippen LogP) is 2.96. The number of nitrogens with two attached hydrogens (primary N) is 1. The molecule has 6 heteroatoms. The van der Waals surface area contributed by atoms with Gasteiger partial charge in [-0.25, -0.2) is 13.2 Å². The van der Waals surface area contributed by atoms with Crippen LogP contribution in [0.4, 0.5) is 18.9 Å². The molecule has 0 bridgehead atoms. The van der Waals surface area contributed by atoms with Gasteiger partial charge in [-0.05, 0) is 29.8 Å². The van der Waals surface area contributed by atoms with E-state index in [0.717, 1.165) is 18.2 Å². The number of carbonyl (C=O) groups excluding carboxylic acids is 1. The Morgan fingerprint density at radius 1 is 1.10 bits per heavy atom. The lowest BCUT2D eigenvalue weighted by Gasteiger charge is -2.18. The minimum atomic E-state index is -0.987. The molecule has 2 rings (SSSR count). The first-order valence-corrected chi connectivity index (χ1v) is 6.13. The lowest BCUT2D eigenvalue weighted by Crippen LogP contribution is -2.27. The third-order valence-corrected chi connectivity index (χ3v) is 3.03. The third kappa shape index (κ3) is 3.16. The zero-order valence-electron chi connectivity index (χ0n) is 11.2. The lowest BCUT2D eigenvalue weighted by atomic mass is 10.1. The van der Waals surface area contributed by atoms with E-state index < -0.39 is 23.4 Å². The molecule has 2 aromatic carbocycles. The van der Waals surface area contributed by atoms with E-state index in [-0.39, 0.29) is 17.8 Å². The molecule has 0 fully saturated rings. The average Bonchev–Trinajstić information content (AvgIpc) is 2.45. The molecule has 110 valence electrons. The number of rotatable bonds is 3. The summed E-state index contributed by atoms with van der Waals surface area (Å²) in [7, 11) is 1.47. The van der Waals surface area contributed by atoms with Crippen molar-refractivity contribution in [2.75, 3.05) is 12.8 Å². The van der Waals surface area contributed by atoms with E-state index in [2.05, 4.69) is 0 Å². The number of nitrogen functional groups attached to an aromatic ring is 1. The van der Waals surface area contributed by atoms with Crippen LogP contribution in [0.15, 0.2) is 36.4 Å². The molecule has 0 atom stereocenters. The summed E-state index contributed by atoms with van der Waals surface area (Å²) in [6.45, 7) is 0.0476. The van der Waals surface area contributed by atoms with Gasteiger partial charge >= 0.3 is 0 Å². The summed E-state index contributed by atoms with van der Waals surface area (Å²) in [5, 5.41) is 0. The number of carbonyl (C=O) groups is 1. The summed E-state index contributed by atoms with van der Waals surface area (Å²) in [6, 6.07) is 7.30.